The summed E-state index contributed by atoms with van der Waals surface area (Å²) in [5.41, 5.74) is 1.62. The normalized spacial score (nSPS) is 10.4. The molecular weight excluding hydrogens is 324 g/mol. The molecule has 122 valence electrons. The Morgan fingerprint density at radius 2 is 1.96 bits per heavy atom. The second-order valence-electron chi connectivity index (χ2n) is 4.88. The monoisotopic (exact) mass is 341 g/mol. The first-order valence-electron chi connectivity index (χ1n) is 7.34. The molecule has 0 unspecified atom stereocenters. The molecule has 0 spiro atoms. The summed E-state index contributed by atoms with van der Waals surface area (Å²) < 4.78 is 7.06. The molecule has 0 saturated heterocycles. The number of anilines is 1. The van der Waals surface area contributed by atoms with Gasteiger partial charge in [0.1, 0.15) is 5.75 Å². The molecule has 7 heteroatoms. The number of hydrogen-bond donors (Lipinski definition) is 2. The number of ether oxygens (including phenoxy) is 1. The highest BCUT2D eigenvalue weighted by atomic mass is 32.2. The molecular formula is C17H17N4O2S+. The van der Waals surface area contributed by atoms with Gasteiger partial charge in [-0.3, -0.25) is 4.79 Å². The van der Waals surface area contributed by atoms with Crippen molar-refractivity contribution < 1.29 is 14.2 Å². The standard InChI is InChI=1S/C17H16N4O2S/c1-23-15-10-6-5-9-14(15)20-16(22)11-24-17-18-12-19-21(17)13-7-3-2-4-8-13/h2-10,12H,11H2,1H3,(H,20,22)/p+1. The summed E-state index contributed by atoms with van der Waals surface area (Å²) in [5, 5.41) is 6.62. The van der Waals surface area contributed by atoms with Crippen molar-refractivity contribution in [1.82, 2.24) is 10.1 Å². The van der Waals surface area contributed by atoms with Gasteiger partial charge in [0.25, 0.3) is 0 Å². The number of amides is 1. The summed E-state index contributed by atoms with van der Waals surface area (Å²) in [6.45, 7) is 0. The first kappa shape index (κ1) is 16.1. The van der Waals surface area contributed by atoms with Crippen LogP contribution in [-0.4, -0.2) is 28.9 Å². The second kappa shape index (κ2) is 7.65. The Balaban J connectivity index is 1.64. The summed E-state index contributed by atoms with van der Waals surface area (Å²) >= 11 is 1.36. The number of H-pyrrole nitrogens is 1. The maximum absolute atomic E-state index is 12.2. The lowest BCUT2D eigenvalue weighted by Gasteiger charge is -2.08. The zero-order valence-electron chi connectivity index (χ0n) is 13.1. The summed E-state index contributed by atoms with van der Waals surface area (Å²) in [7, 11) is 1.58. The lowest BCUT2D eigenvalue weighted by atomic mass is 10.3. The van der Waals surface area contributed by atoms with Crippen LogP contribution >= 0.6 is 11.8 Å². The highest BCUT2D eigenvalue weighted by Gasteiger charge is 2.18. The number of nitrogens with one attached hydrogen (secondary N) is 2. The zero-order valence-corrected chi connectivity index (χ0v) is 13.9. The highest BCUT2D eigenvalue weighted by molar-refractivity contribution is 7.99. The van der Waals surface area contributed by atoms with E-state index in [9.17, 15) is 4.79 Å². The van der Waals surface area contributed by atoms with E-state index in [4.69, 9.17) is 4.74 Å². The summed E-state index contributed by atoms with van der Waals surface area (Å²) in [4.78, 5) is 16.5. The van der Waals surface area contributed by atoms with Crippen LogP contribution in [0.25, 0.3) is 5.69 Å². The Kier molecular flexibility index (Phi) is 5.12. The number of aromatic nitrogens is 3. The van der Waals surface area contributed by atoms with Crippen LogP contribution in [0.15, 0.2) is 66.1 Å². The number of methoxy groups -OCH3 is 1. The van der Waals surface area contributed by atoms with Gasteiger partial charge in [-0.25, -0.2) is 0 Å². The molecule has 0 radical (unpaired) electrons. The number of para-hydroxylation sites is 3. The van der Waals surface area contributed by atoms with E-state index in [2.05, 4.69) is 15.4 Å². The Morgan fingerprint density at radius 1 is 1.21 bits per heavy atom. The summed E-state index contributed by atoms with van der Waals surface area (Å²) in [6, 6.07) is 17.1. The predicted octanol–water partition coefficient (Wildman–Crippen LogP) is 2.43. The van der Waals surface area contributed by atoms with E-state index >= 15 is 0 Å². The van der Waals surface area contributed by atoms with Crippen molar-refractivity contribution in [3.63, 3.8) is 0 Å². The maximum atomic E-state index is 12.2. The summed E-state index contributed by atoms with van der Waals surface area (Å²) in [5.74, 6) is 0.762. The number of nitrogens with zero attached hydrogens (tertiary/aromatic N) is 2. The van der Waals surface area contributed by atoms with Crippen LogP contribution in [0.3, 0.4) is 0 Å². The topological polar surface area (TPSA) is 70.9 Å². The van der Waals surface area contributed by atoms with Gasteiger partial charge >= 0.3 is 5.16 Å². The van der Waals surface area contributed by atoms with E-state index in [1.54, 1.807) is 25.6 Å². The molecule has 2 N–H and O–H groups in total. The average Bonchev–Trinajstić information content (AvgIpc) is 3.10. The molecule has 1 amide bonds. The van der Waals surface area contributed by atoms with E-state index in [0.29, 0.717) is 11.4 Å². The third kappa shape index (κ3) is 3.75. The van der Waals surface area contributed by atoms with Crippen molar-refractivity contribution in [2.24, 2.45) is 0 Å². The number of carbonyl (C=O) groups excluding carboxylic acids is 1. The highest BCUT2D eigenvalue weighted by Crippen LogP contribution is 2.23. The van der Waals surface area contributed by atoms with Gasteiger partial charge in [-0.2, -0.15) is 5.10 Å². The van der Waals surface area contributed by atoms with Gasteiger partial charge in [0.15, 0.2) is 5.69 Å². The van der Waals surface area contributed by atoms with Gasteiger partial charge < -0.3 is 10.1 Å². The predicted molar refractivity (Wildman–Crippen MR) is 92.5 cm³/mol. The van der Waals surface area contributed by atoms with Crippen LogP contribution < -0.4 is 14.7 Å². The minimum Gasteiger partial charge on any atom is -0.495 e. The van der Waals surface area contributed by atoms with Crippen molar-refractivity contribution in [2.75, 3.05) is 18.2 Å². The molecule has 0 aliphatic rings. The van der Waals surface area contributed by atoms with Crippen molar-refractivity contribution >= 4 is 23.4 Å². The van der Waals surface area contributed by atoms with Crippen molar-refractivity contribution in [3.8, 4) is 11.4 Å². The van der Waals surface area contributed by atoms with Gasteiger partial charge in [-0.05, 0) is 41.0 Å². The third-order valence-corrected chi connectivity index (χ3v) is 4.23. The number of rotatable bonds is 6. The van der Waals surface area contributed by atoms with Gasteiger partial charge in [-0.1, -0.05) is 30.3 Å². The van der Waals surface area contributed by atoms with Crippen LogP contribution in [0.2, 0.25) is 0 Å². The van der Waals surface area contributed by atoms with E-state index in [1.165, 1.54) is 11.8 Å². The molecule has 0 bridgehead atoms. The molecule has 2 aromatic carbocycles. The lowest BCUT2D eigenvalue weighted by molar-refractivity contribution is -0.694. The van der Waals surface area contributed by atoms with Gasteiger partial charge in [0, 0.05) is 0 Å². The molecule has 1 aromatic heterocycles. The van der Waals surface area contributed by atoms with Crippen LogP contribution in [0.1, 0.15) is 0 Å². The number of benzene rings is 2. The fourth-order valence-corrected chi connectivity index (χ4v) is 2.93. The molecule has 0 aliphatic carbocycles. The molecule has 3 aromatic rings. The van der Waals surface area contributed by atoms with Crippen LogP contribution in [0.4, 0.5) is 5.69 Å². The van der Waals surface area contributed by atoms with E-state index in [1.807, 2.05) is 47.1 Å². The van der Waals surface area contributed by atoms with E-state index in [0.717, 1.165) is 10.8 Å². The smallest absolute Gasteiger partial charge is 0.385 e. The summed E-state index contributed by atoms with van der Waals surface area (Å²) in [6.07, 6.45) is 1.60. The first-order valence-corrected chi connectivity index (χ1v) is 8.33. The molecule has 0 atom stereocenters. The SMILES string of the molecule is COc1ccccc1NC(=O)CSc1nc[nH][n+]1-c1ccccc1. The quantitative estimate of drug-likeness (QED) is 0.534. The molecule has 6 nitrogen and oxygen atoms in total. The molecule has 0 fully saturated rings. The Bertz CT molecular complexity index is 820. The molecule has 0 aliphatic heterocycles. The average molecular weight is 341 g/mol. The lowest BCUT2D eigenvalue weighted by Crippen LogP contribution is -2.35. The molecule has 24 heavy (non-hydrogen) atoms. The Hall–Kier alpha value is -2.80. The zero-order chi connectivity index (χ0) is 16.8. The molecule has 3 rings (SSSR count). The maximum Gasteiger partial charge on any atom is 0.385 e. The van der Waals surface area contributed by atoms with Crippen LogP contribution in [0.5, 0.6) is 5.75 Å². The van der Waals surface area contributed by atoms with Crippen molar-refractivity contribution in [1.29, 1.82) is 0 Å². The molecule has 1 heterocycles. The number of hydrogen-bond acceptors (Lipinski definition) is 4. The number of carbonyl (C=O) groups is 1. The third-order valence-electron chi connectivity index (χ3n) is 3.28. The molecule has 0 saturated carbocycles. The van der Waals surface area contributed by atoms with Crippen molar-refractivity contribution in [2.45, 2.75) is 5.16 Å². The van der Waals surface area contributed by atoms with Crippen LogP contribution in [0, 0.1) is 0 Å². The number of thioether (sulfide) groups is 1. The van der Waals surface area contributed by atoms with Gasteiger partial charge in [-0.15, -0.1) is 4.68 Å². The van der Waals surface area contributed by atoms with Crippen LogP contribution in [-0.2, 0) is 4.79 Å². The van der Waals surface area contributed by atoms with E-state index in [-0.39, 0.29) is 11.7 Å². The fourth-order valence-electron chi connectivity index (χ4n) is 2.18. The second-order valence-corrected chi connectivity index (χ2v) is 5.82. The van der Waals surface area contributed by atoms with Gasteiger partial charge in [0.2, 0.25) is 12.2 Å². The van der Waals surface area contributed by atoms with Crippen molar-refractivity contribution in [3.05, 3.63) is 60.9 Å². The van der Waals surface area contributed by atoms with E-state index < -0.39 is 0 Å². The largest absolute Gasteiger partial charge is 0.495 e. The minimum atomic E-state index is -0.118. The number of aromatic amines is 1. The van der Waals surface area contributed by atoms with Gasteiger partial charge in [0.05, 0.1) is 18.6 Å². The Labute approximate surface area is 143 Å². The minimum absolute atomic E-state index is 0.118. The Morgan fingerprint density at radius 3 is 2.75 bits per heavy atom. The first-order chi connectivity index (χ1) is 11.8. The fraction of sp³-hybridized carbons (Fsp3) is 0.118.